The molecule has 0 unspecified atom stereocenters. The molecule has 6 heteroatoms. The van der Waals surface area contributed by atoms with Crippen LogP contribution in [-0.4, -0.2) is 20.7 Å². The van der Waals surface area contributed by atoms with E-state index in [0.29, 0.717) is 17.4 Å². The zero-order valence-electron chi connectivity index (χ0n) is 15.5. The Labute approximate surface area is 162 Å². The first-order chi connectivity index (χ1) is 13.6. The molecule has 2 N–H and O–H groups in total. The molecular formula is C22H21N3O3. The number of nitrogens with one attached hydrogen (secondary N) is 1. The summed E-state index contributed by atoms with van der Waals surface area (Å²) in [6.45, 7) is 2.20. The van der Waals surface area contributed by atoms with E-state index in [4.69, 9.17) is 5.21 Å². The van der Waals surface area contributed by atoms with Gasteiger partial charge in [-0.05, 0) is 35.8 Å². The van der Waals surface area contributed by atoms with Crippen LogP contribution < -0.4 is 11.0 Å². The van der Waals surface area contributed by atoms with Crippen molar-refractivity contribution in [1.82, 2.24) is 15.0 Å². The number of aromatic nitrogens is 2. The lowest BCUT2D eigenvalue weighted by Crippen LogP contribution is -2.21. The smallest absolute Gasteiger partial charge is 0.261 e. The van der Waals surface area contributed by atoms with Crippen LogP contribution >= 0.6 is 0 Å². The third-order valence-corrected chi connectivity index (χ3v) is 4.44. The first-order valence-corrected chi connectivity index (χ1v) is 8.90. The highest BCUT2D eigenvalue weighted by atomic mass is 16.5. The van der Waals surface area contributed by atoms with Crippen molar-refractivity contribution in [1.29, 1.82) is 0 Å². The molecule has 0 radical (unpaired) electrons. The molecule has 1 heterocycles. The van der Waals surface area contributed by atoms with Gasteiger partial charge in [0.25, 0.3) is 5.56 Å². The summed E-state index contributed by atoms with van der Waals surface area (Å²) in [6, 6.07) is 16.7. The predicted molar refractivity (Wildman–Crippen MR) is 109 cm³/mol. The number of para-hydroxylation sites is 1. The minimum absolute atomic E-state index is 0.0166. The van der Waals surface area contributed by atoms with Crippen LogP contribution in [-0.2, 0) is 11.3 Å². The average Bonchev–Trinajstić information content (AvgIpc) is 2.75. The van der Waals surface area contributed by atoms with Gasteiger partial charge >= 0.3 is 0 Å². The Morgan fingerprint density at radius 1 is 1.14 bits per heavy atom. The molecule has 0 aliphatic heterocycles. The Hall–Kier alpha value is -3.51. The lowest BCUT2D eigenvalue weighted by atomic mass is 9.99. The fraction of sp³-hybridized carbons (Fsp3) is 0.136. The fourth-order valence-corrected chi connectivity index (χ4v) is 2.96. The van der Waals surface area contributed by atoms with E-state index in [1.165, 1.54) is 6.33 Å². The Morgan fingerprint density at radius 3 is 2.57 bits per heavy atom. The number of fused-ring (bicyclic) bond motifs is 1. The maximum atomic E-state index is 12.7. The van der Waals surface area contributed by atoms with Gasteiger partial charge < -0.3 is 0 Å². The van der Waals surface area contributed by atoms with E-state index in [1.807, 2.05) is 61.5 Å². The molecule has 6 nitrogen and oxygen atoms in total. The molecule has 142 valence electrons. The molecule has 0 aliphatic rings. The van der Waals surface area contributed by atoms with Crippen molar-refractivity contribution in [2.24, 2.45) is 0 Å². The van der Waals surface area contributed by atoms with Gasteiger partial charge in [-0.3, -0.25) is 19.4 Å². The molecule has 0 saturated heterocycles. The summed E-state index contributed by atoms with van der Waals surface area (Å²) >= 11 is 0. The van der Waals surface area contributed by atoms with Crippen LogP contribution in [0, 0.1) is 0 Å². The highest BCUT2D eigenvalue weighted by Gasteiger charge is 2.10. The van der Waals surface area contributed by atoms with Crippen molar-refractivity contribution in [2.45, 2.75) is 19.9 Å². The van der Waals surface area contributed by atoms with E-state index in [9.17, 15) is 9.59 Å². The molecule has 0 aliphatic carbocycles. The van der Waals surface area contributed by atoms with E-state index >= 15 is 0 Å². The maximum Gasteiger partial charge on any atom is 0.261 e. The molecule has 0 spiro atoms. The molecule has 1 amide bonds. The van der Waals surface area contributed by atoms with Gasteiger partial charge in [-0.1, -0.05) is 54.6 Å². The molecule has 0 bridgehead atoms. The number of hydrogen-bond acceptors (Lipinski definition) is 4. The molecular weight excluding hydrogens is 354 g/mol. The molecule has 0 saturated carbocycles. The lowest BCUT2D eigenvalue weighted by molar-refractivity contribution is -0.128. The van der Waals surface area contributed by atoms with Crippen molar-refractivity contribution in [3.05, 3.63) is 94.6 Å². The third kappa shape index (κ3) is 4.42. The first kappa shape index (κ1) is 19.3. The van der Waals surface area contributed by atoms with Crippen LogP contribution in [0.1, 0.15) is 18.9 Å². The summed E-state index contributed by atoms with van der Waals surface area (Å²) in [5.74, 6) is -0.505. The summed E-state index contributed by atoms with van der Waals surface area (Å²) in [7, 11) is 0. The number of carbonyl (C=O) groups excluding carboxylic acids is 1. The van der Waals surface area contributed by atoms with Crippen molar-refractivity contribution in [2.75, 3.05) is 0 Å². The van der Waals surface area contributed by atoms with Crippen molar-refractivity contribution in [3.63, 3.8) is 0 Å². The Kier molecular flexibility index (Phi) is 6.14. The first-order valence-electron chi connectivity index (χ1n) is 8.90. The van der Waals surface area contributed by atoms with Crippen molar-refractivity contribution in [3.8, 4) is 0 Å². The number of hydrogen-bond donors (Lipinski definition) is 2. The van der Waals surface area contributed by atoms with Crippen LogP contribution in [0.2, 0.25) is 0 Å². The van der Waals surface area contributed by atoms with Crippen LogP contribution in [0.3, 0.4) is 0 Å². The minimum Gasteiger partial charge on any atom is -0.294 e. The average molecular weight is 375 g/mol. The van der Waals surface area contributed by atoms with Gasteiger partial charge in [0.2, 0.25) is 5.91 Å². The number of carbonyl (C=O) groups is 1. The van der Waals surface area contributed by atoms with Gasteiger partial charge in [-0.25, -0.2) is 10.5 Å². The maximum absolute atomic E-state index is 12.7. The van der Waals surface area contributed by atoms with E-state index < -0.39 is 5.91 Å². The molecule has 3 aromatic rings. The topological polar surface area (TPSA) is 84.2 Å². The van der Waals surface area contributed by atoms with Gasteiger partial charge in [0, 0.05) is 0 Å². The number of nitrogens with zero attached hydrogens (tertiary/aromatic N) is 2. The zero-order valence-corrected chi connectivity index (χ0v) is 15.5. The molecule has 2 aromatic carbocycles. The SMILES string of the molecule is C/C=C(\C=C(/CC(=O)NO)c1ccccc1)Cn1cnc2ccccc2c1=O. The predicted octanol–water partition coefficient (Wildman–Crippen LogP) is 3.32. The Balaban J connectivity index is 1.96. The van der Waals surface area contributed by atoms with Crippen molar-refractivity contribution >= 4 is 22.4 Å². The summed E-state index contributed by atoms with van der Waals surface area (Å²) in [5.41, 5.74) is 4.67. The number of amides is 1. The molecule has 0 atom stereocenters. The largest absolute Gasteiger partial charge is 0.294 e. The number of rotatable bonds is 6. The van der Waals surface area contributed by atoms with Crippen LogP contribution in [0.4, 0.5) is 0 Å². The highest BCUT2D eigenvalue weighted by molar-refractivity contribution is 5.88. The van der Waals surface area contributed by atoms with Gasteiger partial charge in [0.15, 0.2) is 0 Å². The second kappa shape index (κ2) is 8.92. The normalized spacial score (nSPS) is 12.2. The van der Waals surface area contributed by atoms with E-state index in [1.54, 1.807) is 22.2 Å². The quantitative estimate of drug-likeness (QED) is 0.393. The lowest BCUT2D eigenvalue weighted by Gasteiger charge is -2.11. The Bertz CT molecular complexity index is 1100. The standard InChI is InChI=1S/C22H21N3O3/c1-2-16(12-18(13-21(26)24-28)17-8-4-3-5-9-17)14-25-15-23-20-11-7-6-10-19(20)22(25)27/h2-12,15,28H,13-14H2,1H3,(H,24,26)/b16-2+,18-12+. The van der Waals surface area contributed by atoms with Gasteiger partial charge in [-0.2, -0.15) is 0 Å². The fourth-order valence-electron chi connectivity index (χ4n) is 2.96. The Morgan fingerprint density at radius 2 is 1.86 bits per heavy atom. The summed E-state index contributed by atoms with van der Waals surface area (Å²) < 4.78 is 1.54. The monoisotopic (exact) mass is 375 g/mol. The molecule has 28 heavy (non-hydrogen) atoms. The van der Waals surface area contributed by atoms with Gasteiger partial charge in [-0.15, -0.1) is 0 Å². The third-order valence-electron chi connectivity index (χ3n) is 4.44. The number of hydroxylamine groups is 1. The van der Waals surface area contributed by atoms with Crippen molar-refractivity contribution < 1.29 is 10.0 Å². The van der Waals surface area contributed by atoms with E-state index in [2.05, 4.69) is 4.98 Å². The van der Waals surface area contributed by atoms with E-state index in [0.717, 1.165) is 16.7 Å². The number of allylic oxidation sites excluding steroid dienone is 3. The van der Waals surface area contributed by atoms with Crippen LogP contribution in [0.5, 0.6) is 0 Å². The van der Waals surface area contributed by atoms with Crippen LogP contribution in [0.15, 0.2) is 83.4 Å². The minimum atomic E-state index is -0.505. The molecule has 1 aromatic heterocycles. The summed E-state index contributed by atoms with van der Waals surface area (Å²) in [6.07, 6.45) is 5.31. The van der Waals surface area contributed by atoms with Gasteiger partial charge in [0.1, 0.15) is 0 Å². The van der Waals surface area contributed by atoms with Crippen LogP contribution in [0.25, 0.3) is 16.5 Å². The highest BCUT2D eigenvalue weighted by Crippen LogP contribution is 2.21. The second-order valence-corrected chi connectivity index (χ2v) is 6.31. The summed E-state index contributed by atoms with van der Waals surface area (Å²) in [4.78, 5) is 28.8. The van der Waals surface area contributed by atoms with Gasteiger partial charge in [0.05, 0.1) is 30.2 Å². The molecule has 0 fully saturated rings. The number of benzene rings is 2. The summed E-state index contributed by atoms with van der Waals surface area (Å²) in [5, 5.41) is 9.46. The van der Waals surface area contributed by atoms with E-state index in [-0.39, 0.29) is 12.0 Å². The zero-order chi connectivity index (χ0) is 19.9. The second-order valence-electron chi connectivity index (χ2n) is 6.31. The molecule has 3 rings (SSSR count).